The SMILES string of the molecule is C[S+]([O-])c1c(-c2nnc(C(C)(C)C)s2)nn(-c2ccccc2Cl)c1C1C=CC(Br)=CC1. The Labute approximate surface area is 202 Å². The predicted octanol–water partition coefficient (Wildman–Crippen LogP) is 6.40. The van der Waals surface area contributed by atoms with Gasteiger partial charge in [-0.15, -0.1) is 10.2 Å². The number of rotatable bonds is 4. The molecule has 0 amide bonds. The van der Waals surface area contributed by atoms with Gasteiger partial charge < -0.3 is 4.55 Å². The molecule has 1 aliphatic rings. The van der Waals surface area contributed by atoms with Gasteiger partial charge in [0.2, 0.25) is 4.90 Å². The fourth-order valence-electron chi connectivity index (χ4n) is 3.39. The van der Waals surface area contributed by atoms with Gasteiger partial charge in [-0.05, 0) is 29.7 Å². The van der Waals surface area contributed by atoms with Gasteiger partial charge in [-0.2, -0.15) is 5.10 Å². The first kappa shape index (κ1) is 22.7. The lowest BCUT2D eigenvalue weighted by atomic mass is 9.96. The molecule has 5 nitrogen and oxygen atoms in total. The molecule has 0 saturated heterocycles. The highest BCUT2D eigenvalue weighted by Gasteiger charge is 2.34. The van der Waals surface area contributed by atoms with Crippen molar-refractivity contribution in [2.75, 3.05) is 6.26 Å². The van der Waals surface area contributed by atoms with Crippen molar-refractivity contribution in [1.29, 1.82) is 0 Å². The minimum Gasteiger partial charge on any atom is -0.612 e. The Kier molecular flexibility index (Phi) is 6.47. The normalized spacial score (nSPS) is 17.6. The maximum atomic E-state index is 13.0. The minimum atomic E-state index is -1.29. The van der Waals surface area contributed by atoms with E-state index in [1.165, 1.54) is 11.3 Å². The van der Waals surface area contributed by atoms with Gasteiger partial charge in [0.05, 0.1) is 10.7 Å². The van der Waals surface area contributed by atoms with Gasteiger partial charge in [0.15, 0.2) is 10.7 Å². The fourth-order valence-corrected chi connectivity index (χ4v) is 5.85. The molecule has 0 aliphatic heterocycles. The molecule has 0 bridgehead atoms. The monoisotopic (exact) mass is 536 g/mol. The molecule has 2 unspecified atom stereocenters. The molecular weight excluding hydrogens is 516 g/mol. The molecule has 0 radical (unpaired) electrons. The predicted molar refractivity (Wildman–Crippen MR) is 132 cm³/mol. The molecule has 162 valence electrons. The Morgan fingerprint density at radius 3 is 2.58 bits per heavy atom. The summed E-state index contributed by atoms with van der Waals surface area (Å²) < 4.78 is 15.9. The molecule has 9 heteroatoms. The highest BCUT2D eigenvalue weighted by atomic mass is 79.9. The standard InChI is InChI=1S/C22H22BrClN4OS2/c1-22(2,3)21-26-25-20(30-21)17-19(31(4)29)18(13-9-11-14(23)12-10-13)28(27-17)16-8-6-5-7-15(16)24/h5-9,11-13H,10H2,1-4H3. The maximum absolute atomic E-state index is 13.0. The quantitative estimate of drug-likeness (QED) is 0.361. The van der Waals surface area contributed by atoms with Gasteiger partial charge in [0.25, 0.3) is 0 Å². The van der Waals surface area contributed by atoms with Gasteiger partial charge in [-0.3, -0.25) is 0 Å². The highest BCUT2D eigenvalue weighted by Crippen LogP contribution is 2.41. The molecule has 1 aliphatic carbocycles. The van der Waals surface area contributed by atoms with Gasteiger partial charge in [0, 0.05) is 15.8 Å². The molecule has 0 saturated carbocycles. The van der Waals surface area contributed by atoms with Crippen molar-refractivity contribution in [2.24, 2.45) is 0 Å². The molecule has 2 heterocycles. The second kappa shape index (κ2) is 8.83. The smallest absolute Gasteiger partial charge is 0.205 e. The Morgan fingerprint density at radius 2 is 2.00 bits per heavy atom. The van der Waals surface area contributed by atoms with Crippen LogP contribution in [0, 0.1) is 0 Å². The van der Waals surface area contributed by atoms with E-state index >= 15 is 0 Å². The highest BCUT2D eigenvalue weighted by molar-refractivity contribution is 9.11. The summed E-state index contributed by atoms with van der Waals surface area (Å²) in [5, 5.41) is 15.9. The number of benzene rings is 1. The van der Waals surface area contributed by atoms with Crippen molar-refractivity contribution < 1.29 is 4.55 Å². The van der Waals surface area contributed by atoms with Crippen LogP contribution in [0.3, 0.4) is 0 Å². The van der Waals surface area contributed by atoms with E-state index in [9.17, 15) is 4.55 Å². The van der Waals surface area contributed by atoms with Crippen LogP contribution in [-0.2, 0) is 16.6 Å². The lowest BCUT2D eigenvalue weighted by Gasteiger charge is -2.18. The summed E-state index contributed by atoms with van der Waals surface area (Å²) in [5.74, 6) is 0.00716. The Bertz CT molecular complexity index is 1180. The zero-order valence-electron chi connectivity index (χ0n) is 17.6. The van der Waals surface area contributed by atoms with E-state index in [2.05, 4.69) is 59.1 Å². The topological polar surface area (TPSA) is 66.7 Å². The Morgan fingerprint density at radius 1 is 1.26 bits per heavy atom. The fraction of sp³-hybridized carbons (Fsp3) is 0.318. The van der Waals surface area contributed by atoms with Crippen LogP contribution in [0.25, 0.3) is 16.4 Å². The third-order valence-electron chi connectivity index (χ3n) is 4.92. The van der Waals surface area contributed by atoms with Crippen LogP contribution in [0.5, 0.6) is 0 Å². The van der Waals surface area contributed by atoms with Gasteiger partial charge >= 0.3 is 0 Å². The van der Waals surface area contributed by atoms with Crippen molar-refractivity contribution in [1.82, 2.24) is 20.0 Å². The van der Waals surface area contributed by atoms with Crippen LogP contribution in [0.15, 0.2) is 51.9 Å². The largest absolute Gasteiger partial charge is 0.612 e. The van der Waals surface area contributed by atoms with E-state index in [1.54, 1.807) is 6.26 Å². The average molecular weight is 538 g/mol. The van der Waals surface area contributed by atoms with Crippen molar-refractivity contribution in [3.63, 3.8) is 0 Å². The van der Waals surface area contributed by atoms with E-state index in [0.29, 0.717) is 20.6 Å². The average Bonchev–Trinajstić information content (AvgIpc) is 3.34. The Hall–Kier alpha value is -1.45. The first-order chi connectivity index (χ1) is 14.7. The van der Waals surface area contributed by atoms with Crippen LogP contribution in [-0.4, -0.2) is 30.8 Å². The number of allylic oxidation sites excluding steroid dienone is 4. The van der Waals surface area contributed by atoms with Crippen molar-refractivity contribution in [2.45, 2.75) is 43.4 Å². The van der Waals surface area contributed by atoms with Crippen LogP contribution >= 0.6 is 38.9 Å². The molecule has 1 aromatic carbocycles. The molecule has 0 fully saturated rings. The summed E-state index contributed by atoms with van der Waals surface area (Å²) in [6.07, 6.45) is 8.68. The van der Waals surface area contributed by atoms with E-state index in [0.717, 1.165) is 27.3 Å². The number of nitrogens with zero attached hydrogens (tertiary/aromatic N) is 4. The molecule has 0 spiro atoms. The van der Waals surface area contributed by atoms with E-state index < -0.39 is 11.2 Å². The third kappa shape index (κ3) is 4.54. The van der Waals surface area contributed by atoms with Crippen LogP contribution in [0.1, 0.15) is 43.8 Å². The molecule has 0 N–H and O–H groups in total. The first-order valence-electron chi connectivity index (χ1n) is 9.76. The number of para-hydroxylation sites is 1. The second-order valence-electron chi connectivity index (χ2n) is 8.33. The Balaban J connectivity index is 1.97. The molecule has 31 heavy (non-hydrogen) atoms. The third-order valence-corrected chi connectivity index (χ3v) is 8.16. The summed E-state index contributed by atoms with van der Waals surface area (Å²) >= 11 is 10.3. The summed E-state index contributed by atoms with van der Waals surface area (Å²) in [6, 6.07) is 7.56. The zero-order valence-corrected chi connectivity index (χ0v) is 21.6. The maximum Gasteiger partial charge on any atom is 0.205 e. The lowest BCUT2D eigenvalue weighted by Crippen LogP contribution is -2.11. The molecule has 4 rings (SSSR count). The van der Waals surface area contributed by atoms with E-state index in [1.807, 2.05) is 35.0 Å². The molecule has 2 atom stereocenters. The van der Waals surface area contributed by atoms with Crippen LogP contribution in [0.4, 0.5) is 0 Å². The minimum absolute atomic E-state index is 0.00716. The van der Waals surface area contributed by atoms with E-state index in [-0.39, 0.29) is 11.3 Å². The van der Waals surface area contributed by atoms with Gasteiger partial charge in [0.1, 0.15) is 17.0 Å². The number of aromatic nitrogens is 4. The molecule has 3 aromatic rings. The number of halogens is 2. The van der Waals surface area contributed by atoms with Gasteiger partial charge in [-0.1, -0.05) is 90.0 Å². The summed E-state index contributed by atoms with van der Waals surface area (Å²) in [5.41, 5.74) is 2.09. The summed E-state index contributed by atoms with van der Waals surface area (Å²) in [4.78, 5) is 0.678. The van der Waals surface area contributed by atoms with Gasteiger partial charge in [-0.25, -0.2) is 4.68 Å². The first-order valence-corrected chi connectivity index (χ1v) is 13.3. The second-order valence-corrected chi connectivity index (χ2v) is 11.9. The molecule has 2 aromatic heterocycles. The van der Waals surface area contributed by atoms with Crippen molar-refractivity contribution >= 4 is 50.0 Å². The summed E-state index contributed by atoms with van der Waals surface area (Å²) in [6.45, 7) is 6.29. The zero-order chi connectivity index (χ0) is 22.3. The molecular formula is C22H22BrClN4OS2. The number of hydrogen-bond acceptors (Lipinski definition) is 5. The van der Waals surface area contributed by atoms with Crippen molar-refractivity contribution in [3.05, 3.63) is 62.7 Å². The number of hydrogen-bond donors (Lipinski definition) is 0. The van der Waals surface area contributed by atoms with Crippen molar-refractivity contribution in [3.8, 4) is 16.4 Å². The lowest BCUT2D eigenvalue weighted by molar-refractivity contribution is 0.578. The van der Waals surface area contributed by atoms with Crippen LogP contribution < -0.4 is 0 Å². The van der Waals surface area contributed by atoms with E-state index in [4.69, 9.17) is 16.7 Å². The summed E-state index contributed by atoms with van der Waals surface area (Å²) in [7, 11) is 0. The van der Waals surface area contributed by atoms with Crippen LogP contribution in [0.2, 0.25) is 5.02 Å².